The summed E-state index contributed by atoms with van der Waals surface area (Å²) < 4.78 is 0. The molecule has 14 heavy (non-hydrogen) atoms. The van der Waals surface area contributed by atoms with Crippen LogP contribution in [0.4, 0.5) is 0 Å². The molecule has 0 saturated heterocycles. The highest BCUT2D eigenvalue weighted by Crippen LogP contribution is 2.40. The van der Waals surface area contributed by atoms with Gasteiger partial charge in [-0.05, 0) is 38.5 Å². The van der Waals surface area contributed by atoms with Crippen molar-refractivity contribution in [3.05, 3.63) is 11.6 Å². The van der Waals surface area contributed by atoms with Crippen LogP contribution in [0.25, 0.3) is 0 Å². The Morgan fingerprint density at radius 3 is 2.43 bits per heavy atom. The van der Waals surface area contributed by atoms with Gasteiger partial charge in [-0.3, -0.25) is 0 Å². The molecule has 1 aliphatic rings. The highest BCUT2D eigenvalue weighted by molar-refractivity contribution is 4.95. The number of hydrogen-bond acceptors (Lipinski definition) is 1. The molecule has 0 heterocycles. The van der Waals surface area contributed by atoms with Crippen LogP contribution >= 0.6 is 0 Å². The summed E-state index contributed by atoms with van der Waals surface area (Å²) in [5.74, 6) is 0. The molecule has 0 aromatic rings. The predicted molar refractivity (Wildman–Crippen MR) is 63.5 cm³/mol. The van der Waals surface area contributed by atoms with E-state index < -0.39 is 0 Å². The zero-order valence-corrected chi connectivity index (χ0v) is 10.0. The molecule has 1 N–H and O–H groups in total. The van der Waals surface area contributed by atoms with Crippen LogP contribution in [0.5, 0.6) is 0 Å². The van der Waals surface area contributed by atoms with Gasteiger partial charge in [0.25, 0.3) is 0 Å². The summed E-state index contributed by atoms with van der Waals surface area (Å²) in [6, 6.07) is 0. The van der Waals surface area contributed by atoms with Crippen LogP contribution in [0.1, 0.15) is 52.9 Å². The predicted octanol–water partition coefficient (Wildman–Crippen LogP) is 3.51. The highest BCUT2D eigenvalue weighted by atomic mass is 14.9. The Labute approximate surface area is 89.0 Å². The van der Waals surface area contributed by atoms with Crippen LogP contribution in [0, 0.1) is 5.41 Å². The van der Waals surface area contributed by atoms with Crippen molar-refractivity contribution < 1.29 is 0 Å². The zero-order chi connectivity index (χ0) is 10.4. The summed E-state index contributed by atoms with van der Waals surface area (Å²) in [6.07, 6.45) is 9.38. The molecule has 0 bridgehead atoms. The third-order valence-corrected chi connectivity index (χ3v) is 3.57. The van der Waals surface area contributed by atoms with Gasteiger partial charge in [0, 0.05) is 13.1 Å². The van der Waals surface area contributed by atoms with Crippen LogP contribution in [0.15, 0.2) is 11.6 Å². The second-order valence-corrected chi connectivity index (χ2v) is 4.97. The van der Waals surface area contributed by atoms with Gasteiger partial charge < -0.3 is 5.32 Å². The summed E-state index contributed by atoms with van der Waals surface area (Å²) >= 11 is 0. The molecule has 0 atom stereocenters. The average molecular weight is 195 g/mol. The lowest BCUT2D eigenvalue weighted by molar-refractivity contribution is 0.273. The number of rotatable bonds is 5. The minimum Gasteiger partial charge on any atom is -0.313 e. The maximum absolute atomic E-state index is 3.57. The van der Waals surface area contributed by atoms with Crippen molar-refractivity contribution in [2.24, 2.45) is 5.41 Å². The number of nitrogens with one attached hydrogen (secondary N) is 1. The second kappa shape index (κ2) is 5.55. The zero-order valence-electron chi connectivity index (χ0n) is 10.0. The Morgan fingerprint density at radius 2 is 1.93 bits per heavy atom. The summed E-state index contributed by atoms with van der Waals surface area (Å²) in [5.41, 5.74) is 2.05. The Bertz CT molecular complexity index is 183. The van der Waals surface area contributed by atoms with E-state index >= 15 is 0 Å². The number of hydrogen-bond donors (Lipinski definition) is 1. The fourth-order valence-electron chi connectivity index (χ4n) is 2.39. The van der Waals surface area contributed by atoms with Gasteiger partial charge in [-0.15, -0.1) is 0 Å². The van der Waals surface area contributed by atoms with Gasteiger partial charge in [-0.25, -0.2) is 0 Å². The average Bonchev–Trinajstić information content (AvgIpc) is 2.62. The Hall–Kier alpha value is -0.300. The fraction of sp³-hybridized carbons (Fsp3) is 0.846. The van der Waals surface area contributed by atoms with E-state index in [2.05, 4.69) is 32.2 Å². The lowest BCUT2D eigenvalue weighted by Gasteiger charge is -2.27. The minimum atomic E-state index is 0.634. The molecule has 82 valence electrons. The maximum Gasteiger partial charge on any atom is 0.0137 e. The summed E-state index contributed by atoms with van der Waals surface area (Å²) in [7, 11) is 0. The monoisotopic (exact) mass is 195 g/mol. The van der Waals surface area contributed by atoms with Crippen LogP contribution in [0.2, 0.25) is 0 Å². The van der Waals surface area contributed by atoms with Gasteiger partial charge in [0.2, 0.25) is 0 Å². The molecule has 1 heteroatoms. The van der Waals surface area contributed by atoms with Gasteiger partial charge in [0.05, 0.1) is 0 Å². The van der Waals surface area contributed by atoms with Gasteiger partial charge >= 0.3 is 0 Å². The fourth-order valence-corrected chi connectivity index (χ4v) is 2.39. The van der Waals surface area contributed by atoms with E-state index in [1.807, 2.05) is 0 Å². The lowest BCUT2D eigenvalue weighted by atomic mass is 9.83. The molecule has 0 aliphatic heterocycles. The molecule has 0 aromatic heterocycles. The van der Waals surface area contributed by atoms with Crippen LogP contribution in [-0.4, -0.2) is 13.1 Å². The van der Waals surface area contributed by atoms with E-state index in [0.717, 1.165) is 6.54 Å². The standard InChI is InChI=1S/C13H25N/c1-4-13(8-5-6-9-13)11-14-10-7-12(2)3/h7,14H,4-6,8-11H2,1-3H3. The molecule has 0 aromatic carbocycles. The molecule has 0 spiro atoms. The SMILES string of the molecule is CCC1(CNCC=C(C)C)CCCC1. The first-order chi connectivity index (χ1) is 6.68. The van der Waals surface area contributed by atoms with E-state index in [1.165, 1.54) is 44.2 Å². The first kappa shape index (κ1) is 11.8. The van der Waals surface area contributed by atoms with Crippen molar-refractivity contribution in [2.45, 2.75) is 52.9 Å². The molecule has 0 radical (unpaired) electrons. The largest absolute Gasteiger partial charge is 0.313 e. The van der Waals surface area contributed by atoms with Gasteiger partial charge in [0.1, 0.15) is 0 Å². The maximum atomic E-state index is 3.57. The third kappa shape index (κ3) is 3.45. The molecule has 0 unspecified atom stereocenters. The highest BCUT2D eigenvalue weighted by Gasteiger charge is 2.30. The molecule has 1 rings (SSSR count). The molecular formula is C13H25N. The molecular weight excluding hydrogens is 170 g/mol. The smallest absolute Gasteiger partial charge is 0.0137 e. The van der Waals surface area contributed by atoms with E-state index in [1.54, 1.807) is 0 Å². The van der Waals surface area contributed by atoms with Gasteiger partial charge in [0.15, 0.2) is 0 Å². The van der Waals surface area contributed by atoms with Crippen molar-refractivity contribution in [1.29, 1.82) is 0 Å². The second-order valence-electron chi connectivity index (χ2n) is 4.97. The molecule has 0 amide bonds. The van der Waals surface area contributed by atoms with Crippen LogP contribution in [-0.2, 0) is 0 Å². The lowest BCUT2D eigenvalue weighted by Crippen LogP contribution is -2.31. The quantitative estimate of drug-likeness (QED) is 0.523. The van der Waals surface area contributed by atoms with Gasteiger partial charge in [-0.1, -0.05) is 31.4 Å². The third-order valence-electron chi connectivity index (χ3n) is 3.57. The number of allylic oxidation sites excluding steroid dienone is 1. The van der Waals surface area contributed by atoms with E-state index in [9.17, 15) is 0 Å². The molecule has 1 aliphatic carbocycles. The summed E-state index contributed by atoms with van der Waals surface area (Å²) in [4.78, 5) is 0. The normalized spacial score (nSPS) is 19.6. The van der Waals surface area contributed by atoms with Crippen molar-refractivity contribution in [1.82, 2.24) is 5.32 Å². The first-order valence-electron chi connectivity index (χ1n) is 6.03. The molecule has 1 nitrogen and oxygen atoms in total. The van der Waals surface area contributed by atoms with Crippen LogP contribution < -0.4 is 5.32 Å². The van der Waals surface area contributed by atoms with Crippen LogP contribution in [0.3, 0.4) is 0 Å². The minimum absolute atomic E-state index is 0.634. The summed E-state index contributed by atoms with van der Waals surface area (Å²) in [6.45, 7) is 8.92. The summed E-state index contributed by atoms with van der Waals surface area (Å²) in [5, 5.41) is 3.57. The van der Waals surface area contributed by atoms with E-state index in [-0.39, 0.29) is 0 Å². The molecule has 1 saturated carbocycles. The van der Waals surface area contributed by atoms with Crippen molar-refractivity contribution in [3.8, 4) is 0 Å². The van der Waals surface area contributed by atoms with E-state index in [4.69, 9.17) is 0 Å². The van der Waals surface area contributed by atoms with Crippen molar-refractivity contribution in [3.63, 3.8) is 0 Å². The Kier molecular flexibility index (Phi) is 4.67. The first-order valence-corrected chi connectivity index (χ1v) is 6.03. The van der Waals surface area contributed by atoms with Crippen molar-refractivity contribution in [2.75, 3.05) is 13.1 Å². The van der Waals surface area contributed by atoms with Gasteiger partial charge in [-0.2, -0.15) is 0 Å². The topological polar surface area (TPSA) is 12.0 Å². The molecule has 1 fully saturated rings. The van der Waals surface area contributed by atoms with E-state index in [0.29, 0.717) is 5.41 Å². The Morgan fingerprint density at radius 1 is 1.29 bits per heavy atom. The van der Waals surface area contributed by atoms with Crippen molar-refractivity contribution >= 4 is 0 Å². The Balaban J connectivity index is 2.24.